The maximum Gasteiger partial charge on any atom is 0.418 e. The summed E-state index contributed by atoms with van der Waals surface area (Å²) in [5.41, 5.74) is 3.61. The molecule has 0 radical (unpaired) electrons. The van der Waals surface area contributed by atoms with Gasteiger partial charge in [0, 0.05) is 11.3 Å². The quantitative estimate of drug-likeness (QED) is 0.454. The standard InChI is InChI=1S/C21H20ClNO3/c1-25-16-12-10-15(11-13-16)20-18(8-5-6-14-22)17-7-3-4-9-19(17)23(20)21(24)26-2/h3-7,9-13H,8,14H2,1-2H3/b6-5+. The molecular weight excluding hydrogens is 350 g/mol. The molecule has 3 rings (SSSR count). The Labute approximate surface area is 157 Å². The number of ether oxygens (including phenoxy) is 2. The number of benzene rings is 2. The fraction of sp³-hybridized carbons (Fsp3) is 0.190. The number of nitrogens with zero attached hydrogens (tertiary/aromatic N) is 1. The molecule has 0 amide bonds. The van der Waals surface area contributed by atoms with E-state index in [1.54, 1.807) is 11.7 Å². The van der Waals surface area contributed by atoms with Crippen LogP contribution in [0.2, 0.25) is 0 Å². The zero-order chi connectivity index (χ0) is 18.5. The molecule has 1 aromatic heterocycles. The van der Waals surface area contributed by atoms with Crippen LogP contribution in [0.5, 0.6) is 5.75 Å². The van der Waals surface area contributed by atoms with Crippen LogP contribution in [0.4, 0.5) is 4.79 Å². The van der Waals surface area contributed by atoms with E-state index in [0.29, 0.717) is 12.3 Å². The van der Waals surface area contributed by atoms with Gasteiger partial charge in [-0.1, -0.05) is 30.4 Å². The lowest BCUT2D eigenvalue weighted by Gasteiger charge is -2.10. The zero-order valence-corrected chi connectivity index (χ0v) is 15.5. The monoisotopic (exact) mass is 369 g/mol. The second-order valence-corrected chi connectivity index (χ2v) is 6.02. The molecule has 134 valence electrons. The Kier molecular flexibility index (Phi) is 5.64. The van der Waals surface area contributed by atoms with Gasteiger partial charge in [0.15, 0.2) is 0 Å². The molecule has 0 bridgehead atoms. The number of allylic oxidation sites excluding steroid dienone is 2. The second-order valence-electron chi connectivity index (χ2n) is 5.71. The van der Waals surface area contributed by atoms with Gasteiger partial charge in [-0.3, -0.25) is 0 Å². The van der Waals surface area contributed by atoms with Crippen molar-refractivity contribution < 1.29 is 14.3 Å². The fourth-order valence-corrected chi connectivity index (χ4v) is 3.24. The number of hydrogen-bond acceptors (Lipinski definition) is 3. The molecule has 1 heterocycles. The molecule has 0 aliphatic heterocycles. The molecule has 0 aliphatic rings. The lowest BCUT2D eigenvalue weighted by molar-refractivity contribution is 0.174. The smallest absolute Gasteiger partial charge is 0.418 e. The van der Waals surface area contributed by atoms with Crippen LogP contribution in [0, 0.1) is 0 Å². The lowest BCUT2D eigenvalue weighted by atomic mass is 10.0. The van der Waals surface area contributed by atoms with Gasteiger partial charge in [-0.05, 0) is 47.9 Å². The minimum absolute atomic E-state index is 0.417. The first-order valence-electron chi connectivity index (χ1n) is 8.27. The van der Waals surface area contributed by atoms with Crippen molar-refractivity contribution in [3.05, 3.63) is 66.2 Å². The van der Waals surface area contributed by atoms with Gasteiger partial charge in [-0.25, -0.2) is 9.36 Å². The number of fused-ring (bicyclic) bond motifs is 1. The van der Waals surface area contributed by atoms with Gasteiger partial charge < -0.3 is 9.47 Å². The summed E-state index contributed by atoms with van der Waals surface area (Å²) in [4.78, 5) is 12.6. The SMILES string of the molecule is COC(=O)n1c(-c2ccc(OC)cc2)c(C/C=C/CCl)c2ccccc21. The third-order valence-electron chi connectivity index (χ3n) is 4.28. The Morgan fingerprint density at radius 1 is 1.08 bits per heavy atom. The average Bonchev–Trinajstić information content (AvgIpc) is 3.02. The number of aromatic nitrogens is 1. The van der Waals surface area contributed by atoms with Crippen LogP contribution in [0.25, 0.3) is 22.2 Å². The van der Waals surface area contributed by atoms with E-state index in [0.717, 1.165) is 33.5 Å². The molecule has 0 aliphatic carbocycles. The van der Waals surface area contributed by atoms with E-state index < -0.39 is 6.09 Å². The largest absolute Gasteiger partial charge is 0.497 e. The number of rotatable bonds is 5. The molecule has 0 N–H and O–H groups in total. The van der Waals surface area contributed by atoms with Gasteiger partial charge in [0.1, 0.15) is 5.75 Å². The molecule has 0 saturated carbocycles. The summed E-state index contributed by atoms with van der Waals surface area (Å²) in [6, 6.07) is 15.5. The van der Waals surface area contributed by atoms with Crippen molar-refractivity contribution in [2.45, 2.75) is 6.42 Å². The van der Waals surface area contributed by atoms with Crippen LogP contribution in [0.15, 0.2) is 60.7 Å². The lowest BCUT2D eigenvalue weighted by Crippen LogP contribution is -2.12. The van der Waals surface area contributed by atoms with E-state index in [1.165, 1.54) is 7.11 Å². The Bertz CT molecular complexity index is 942. The normalized spacial score (nSPS) is 11.2. The Morgan fingerprint density at radius 2 is 1.81 bits per heavy atom. The van der Waals surface area contributed by atoms with Crippen LogP contribution in [-0.2, 0) is 11.2 Å². The number of halogens is 1. The summed E-state index contributed by atoms with van der Waals surface area (Å²) in [6.07, 6.45) is 4.17. The molecule has 0 fully saturated rings. The summed E-state index contributed by atoms with van der Waals surface area (Å²) in [6.45, 7) is 0. The zero-order valence-electron chi connectivity index (χ0n) is 14.7. The first-order chi connectivity index (χ1) is 12.7. The van der Waals surface area contributed by atoms with E-state index >= 15 is 0 Å². The molecule has 3 aromatic rings. The topological polar surface area (TPSA) is 40.5 Å². The molecular formula is C21H20ClNO3. The predicted octanol–water partition coefficient (Wildman–Crippen LogP) is 5.27. The summed E-state index contributed by atoms with van der Waals surface area (Å²) < 4.78 is 11.9. The first kappa shape index (κ1) is 18.1. The number of hydrogen-bond donors (Lipinski definition) is 0. The van der Waals surface area contributed by atoms with E-state index in [1.807, 2.05) is 60.7 Å². The maximum atomic E-state index is 12.6. The Hall–Kier alpha value is -2.72. The first-order valence-corrected chi connectivity index (χ1v) is 8.80. The highest BCUT2D eigenvalue weighted by Gasteiger charge is 2.22. The number of carbonyl (C=O) groups excluding carboxylic acids is 1. The summed E-state index contributed by atoms with van der Waals surface area (Å²) >= 11 is 5.77. The predicted molar refractivity (Wildman–Crippen MR) is 105 cm³/mol. The van der Waals surface area contributed by atoms with Gasteiger partial charge >= 0.3 is 6.09 Å². The van der Waals surface area contributed by atoms with Gasteiger partial charge in [0.25, 0.3) is 0 Å². The van der Waals surface area contributed by atoms with E-state index in [-0.39, 0.29) is 0 Å². The van der Waals surface area contributed by atoms with Crippen molar-refractivity contribution in [1.29, 1.82) is 0 Å². The highest BCUT2D eigenvalue weighted by Crippen LogP contribution is 2.35. The number of methoxy groups -OCH3 is 2. The molecule has 2 aromatic carbocycles. The van der Waals surface area contributed by atoms with Crippen molar-refractivity contribution in [2.24, 2.45) is 0 Å². The van der Waals surface area contributed by atoms with Crippen molar-refractivity contribution in [2.75, 3.05) is 20.1 Å². The van der Waals surface area contributed by atoms with E-state index in [2.05, 4.69) is 0 Å². The van der Waals surface area contributed by atoms with Crippen LogP contribution in [0.3, 0.4) is 0 Å². The molecule has 0 atom stereocenters. The van der Waals surface area contributed by atoms with E-state index in [4.69, 9.17) is 21.1 Å². The van der Waals surface area contributed by atoms with E-state index in [9.17, 15) is 4.79 Å². The molecule has 5 heteroatoms. The molecule has 0 unspecified atom stereocenters. The van der Waals surface area contributed by atoms with Crippen LogP contribution >= 0.6 is 11.6 Å². The molecule has 0 saturated heterocycles. The highest BCUT2D eigenvalue weighted by molar-refractivity contribution is 6.18. The summed E-state index contributed by atoms with van der Waals surface area (Å²) in [5.74, 6) is 1.21. The van der Waals surface area contributed by atoms with Gasteiger partial charge in [0.05, 0.1) is 25.4 Å². The Morgan fingerprint density at radius 3 is 2.46 bits per heavy atom. The fourth-order valence-electron chi connectivity index (χ4n) is 3.11. The van der Waals surface area contributed by atoms with Crippen LogP contribution < -0.4 is 4.74 Å². The molecule has 0 spiro atoms. The highest BCUT2D eigenvalue weighted by atomic mass is 35.5. The minimum atomic E-state index is -0.417. The maximum absolute atomic E-state index is 12.6. The van der Waals surface area contributed by atoms with Crippen molar-refractivity contribution in [3.8, 4) is 17.0 Å². The van der Waals surface area contributed by atoms with Gasteiger partial charge in [-0.2, -0.15) is 0 Å². The number of carbonyl (C=O) groups is 1. The van der Waals surface area contributed by atoms with Crippen LogP contribution in [-0.4, -0.2) is 30.8 Å². The summed E-state index contributed by atoms with van der Waals surface area (Å²) in [5, 5.41) is 1.02. The number of para-hydroxylation sites is 1. The molecule has 4 nitrogen and oxygen atoms in total. The summed E-state index contributed by atoms with van der Waals surface area (Å²) in [7, 11) is 3.02. The van der Waals surface area contributed by atoms with Crippen molar-refractivity contribution >= 4 is 28.6 Å². The van der Waals surface area contributed by atoms with Crippen LogP contribution in [0.1, 0.15) is 5.56 Å². The second kappa shape index (κ2) is 8.11. The van der Waals surface area contributed by atoms with Gasteiger partial charge in [0.2, 0.25) is 0 Å². The van der Waals surface area contributed by atoms with Crippen molar-refractivity contribution in [3.63, 3.8) is 0 Å². The average molecular weight is 370 g/mol. The van der Waals surface area contributed by atoms with Crippen molar-refractivity contribution in [1.82, 2.24) is 4.57 Å². The van der Waals surface area contributed by atoms with Gasteiger partial charge in [-0.15, -0.1) is 11.6 Å². The third-order valence-corrected chi connectivity index (χ3v) is 4.46. The third kappa shape index (κ3) is 3.33. The molecule has 26 heavy (non-hydrogen) atoms. The Balaban J connectivity index is 2.29. The number of alkyl halides is 1. The minimum Gasteiger partial charge on any atom is -0.497 e.